The molecule has 1 aliphatic rings. The van der Waals surface area contributed by atoms with Gasteiger partial charge in [0, 0.05) is 16.0 Å². The average Bonchev–Trinajstić information content (AvgIpc) is 3.39. The van der Waals surface area contributed by atoms with Gasteiger partial charge in [0.1, 0.15) is 4.88 Å². The second kappa shape index (κ2) is 6.50. The molecule has 1 fully saturated rings. The Morgan fingerprint density at radius 2 is 1.72 bits per heavy atom. The van der Waals surface area contributed by atoms with Gasteiger partial charge in [0.05, 0.1) is 5.02 Å². The standard InChI is InChI=1S/C19H15ClN2O2S/c20-16-12-8-4-5-9-15(12)25-17(16)19(24)22-21-18(23)14-10-13(14)11-6-2-1-3-7-11/h1-9,13-14H,10H2,(H,21,23)(H,22,24)/t13-,14+/m1/s1. The number of halogens is 1. The van der Waals surface area contributed by atoms with Gasteiger partial charge in [-0.1, -0.05) is 60.1 Å². The third-order valence-corrected chi connectivity index (χ3v) is 6.07. The lowest BCUT2D eigenvalue weighted by Gasteiger charge is -2.06. The summed E-state index contributed by atoms with van der Waals surface area (Å²) < 4.78 is 0.940. The lowest BCUT2D eigenvalue weighted by molar-refractivity contribution is -0.123. The van der Waals surface area contributed by atoms with E-state index in [9.17, 15) is 9.59 Å². The van der Waals surface area contributed by atoms with E-state index in [0.717, 1.165) is 22.1 Å². The topological polar surface area (TPSA) is 58.2 Å². The Labute approximate surface area is 153 Å². The van der Waals surface area contributed by atoms with Gasteiger partial charge in [0.15, 0.2) is 0 Å². The molecule has 3 aromatic rings. The van der Waals surface area contributed by atoms with Crippen molar-refractivity contribution in [3.05, 3.63) is 70.1 Å². The van der Waals surface area contributed by atoms with Crippen LogP contribution >= 0.6 is 22.9 Å². The highest BCUT2D eigenvalue weighted by Gasteiger charge is 2.44. The molecule has 126 valence electrons. The lowest BCUT2D eigenvalue weighted by Crippen LogP contribution is -2.42. The Kier molecular flexibility index (Phi) is 4.19. The number of nitrogens with one attached hydrogen (secondary N) is 2. The van der Waals surface area contributed by atoms with Crippen molar-refractivity contribution in [1.29, 1.82) is 0 Å². The zero-order chi connectivity index (χ0) is 17.4. The van der Waals surface area contributed by atoms with E-state index in [1.165, 1.54) is 11.3 Å². The maximum atomic E-state index is 12.3. The Balaban J connectivity index is 1.39. The smallest absolute Gasteiger partial charge is 0.273 e. The second-order valence-electron chi connectivity index (χ2n) is 6.04. The van der Waals surface area contributed by atoms with Gasteiger partial charge in [-0.05, 0) is 24.0 Å². The Bertz CT molecular complexity index is 954. The van der Waals surface area contributed by atoms with Crippen LogP contribution in [0.15, 0.2) is 54.6 Å². The van der Waals surface area contributed by atoms with Crippen LogP contribution in [0, 0.1) is 5.92 Å². The fourth-order valence-electron chi connectivity index (χ4n) is 2.98. The van der Waals surface area contributed by atoms with Crippen LogP contribution in [0.4, 0.5) is 0 Å². The van der Waals surface area contributed by atoms with Gasteiger partial charge in [-0.3, -0.25) is 20.4 Å². The van der Waals surface area contributed by atoms with Crippen LogP contribution in [0.5, 0.6) is 0 Å². The fraction of sp³-hybridized carbons (Fsp3) is 0.158. The van der Waals surface area contributed by atoms with E-state index in [-0.39, 0.29) is 17.7 Å². The zero-order valence-electron chi connectivity index (χ0n) is 13.2. The highest BCUT2D eigenvalue weighted by atomic mass is 35.5. The molecule has 6 heteroatoms. The van der Waals surface area contributed by atoms with Crippen molar-refractivity contribution < 1.29 is 9.59 Å². The van der Waals surface area contributed by atoms with Crippen molar-refractivity contribution in [2.75, 3.05) is 0 Å². The molecule has 0 radical (unpaired) electrons. The average molecular weight is 371 g/mol. The second-order valence-corrected chi connectivity index (χ2v) is 7.47. The number of amides is 2. The summed E-state index contributed by atoms with van der Waals surface area (Å²) in [5.41, 5.74) is 6.16. The molecule has 2 N–H and O–H groups in total. The van der Waals surface area contributed by atoms with E-state index < -0.39 is 5.91 Å². The first-order valence-corrected chi connectivity index (χ1v) is 9.17. The number of hydrogen-bond donors (Lipinski definition) is 2. The largest absolute Gasteiger partial charge is 0.281 e. The van der Waals surface area contributed by atoms with Gasteiger partial charge in [0.25, 0.3) is 5.91 Å². The van der Waals surface area contributed by atoms with Gasteiger partial charge in [-0.15, -0.1) is 11.3 Å². The van der Waals surface area contributed by atoms with E-state index in [1.807, 2.05) is 54.6 Å². The zero-order valence-corrected chi connectivity index (χ0v) is 14.7. The highest BCUT2D eigenvalue weighted by Crippen LogP contribution is 2.47. The third kappa shape index (κ3) is 3.13. The quantitative estimate of drug-likeness (QED) is 0.681. The SMILES string of the molecule is O=C(NNC(=O)[C@H]1C[C@@H]1c1ccccc1)c1sc2ccccc2c1Cl. The Morgan fingerprint density at radius 3 is 2.48 bits per heavy atom. The molecule has 1 aromatic heterocycles. The van der Waals surface area contributed by atoms with Crippen LogP contribution in [0.25, 0.3) is 10.1 Å². The number of thiophene rings is 1. The number of carbonyl (C=O) groups excluding carboxylic acids is 2. The van der Waals surface area contributed by atoms with Crippen molar-refractivity contribution in [3.63, 3.8) is 0 Å². The molecule has 4 nitrogen and oxygen atoms in total. The molecule has 0 aliphatic heterocycles. The minimum atomic E-state index is -0.392. The third-order valence-electron chi connectivity index (χ3n) is 4.40. The summed E-state index contributed by atoms with van der Waals surface area (Å²) in [5.74, 6) is -0.428. The van der Waals surface area contributed by atoms with Gasteiger partial charge in [-0.25, -0.2) is 0 Å². The molecule has 25 heavy (non-hydrogen) atoms. The van der Waals surface area contributed by atoms with Crippen molar-refractivity contribution >= 4 is 44.8 Å². The molecule has 1 saturated carbocycles. The maximum Gasteiger partial charge on any atom is 0.281 e. The van der Waals surface area contributed by atoms with Gasteiger partial charge in [-0.2, -0.15) is 0 Å². The molecule has 0 spiro atoms. The first-order chi connectivity index (χ1) is 12.1. The van der Waals surface area contributed by atoms with Crippen LogP contribution in [0.3, 0.4) is 0 Å². The maximum absolute atomic E-state index is 12.3. The van der Waals surface area contributed by atoms with Crippen LogP contribution < -0.4 is 10.9 Å². The summed E-state index contributed by atoms with van der Waals surface area (Å²) >= 11 is 7.59. The molecule has 0 bridgehead atoms. The fourth-order valence-corrected chi connectivity index (χ4v) is 4.39. The monoisotopic (exact) mass is 370 g/mol. The van der Waals surface area contributed by atoms with Crippen molar-refractivity contribution in [2.24, 2.45) is 5.92 Å². The predicted octanol–water partition coefficient (Wildman–Crippen LogP) is 4.12. The number of hydrogen-bond acceptors (Lipinski definition) is 3. The minimum absolute atomic E-state index is 0.0967. The minimum Gasteiger partial charge on any atom is -0.273 e. The number of benzene rings is 2. The summed E-state index contributed by atoms with van der Waals surface area (Å²) in [7, 11) is 0. The van der Waals surface area contributed by atoms with E-state index in [1.54, 1.807) is 0 Å². The van der Waals surface area contributed by atoms with E-state index in [2.05, 4.69) is 10.9 Å². The predicted molar refractivity (Wildman–Crippen MR) is 99.7 cm³/mol. The summed E-state index contributed by atoms with van der Waals surface area (Å²) in [6.07, 6.45) is 0.801. The molecule has 0 saturated heterocycles. The first-order valence-electron chi connectivity index (χ1n) is 7.97. The summed E-state index contributed by atoms with van der Waals surface area (Å²) in [6.45, 7) is 0. The van der Waals surface area contributed by atoms with E-state index in [4.69, 9.17) is 11.6 Å². The van der Waals surface area contributed by atoms with Crippen LogP contribution in [0.1, 0.15) is 27.6 Å². The molecule has 2 amide bonds. The number of hydrazine groups is 1. The molecule has 1 heterocycles. The number of fused-ring (bicyclic) bond motifs is 1. The highest BCUT2D eigenvalue weighted by molar-refractivity contribution is 7.21. The van der Waals surface area contributed by atoms with Crippen LogP contribution in [-0.2, 0) is 4.79 Å². The molecular formula is C19H15ClN2O2S. The molecular weight excluding hydrogens is 356 g/mol. The van der Waals surface area contributed by atoms with Gasteiger partial charge < -0.3 is 0 Å². The van der Waals surface area contributed by atoms with Crippen molar-refractivity contribution in [3.8, 4) is 0 Å². The number of rotatable bonds is 3. The van der Waals surface area contributed by atoms with E-state index >= 15 is 0 Å². The number of carbonyl (C=O) groups is 2. The lowest BCUT2D eigenvalue weighted by atomic mass is 10.1. The van der Waals surface area contributed by atoms with Crippen LogP contribution in [0.2, 0.25) is 5.02 Å². The molecule has 1 aliphatic carbocycles. The molecule has 0 unspecified atom stereocenters. The van der Waals surface area contributed by atoms with Crippen LogP contribution in [-0.4, -0.2) is 11.8 Å². The van der Waals surface area contributed by atoms with Crippen molar-refractivity contribution in [1.82, 2.24) is 10.9 Å². The molecule has 2 aromatic carbocycles. The summed E-state index contributed by atoms with van der Waals surface area (Å²) in [4.78, 5) is 25.0. The van der Waals surface area contributed by atoms with Crippen molar-refractivity contribution in [2.45, 2.75) is 12.3 Å². The van der Waals surface area contributed by atoms with Gasteiger partial charge >= 0.3 is 0 Å². The normalized spacial score (nSPS) is 18.8. The van der Waals surface area contributed by atoms with Gasteiger partial charge in [0.2, 0.25) is 5.91 Å². The molecule has 4 rings (SSSR count). The van der Waals surface area contributed by atoms with E-state index in [0.29, 0.717) is 9.90 Å². The molecule has 2 atom stereocenters. The Morgan fingerprint density at radius 1 is 1.00 bits per heavy atom. The summed E-state index contributed by atoms with van der Waals surface area (Å²) in [5, 5.41) is 1.26. The Hall–Kier alpha value is -2.37. The summed E-state index contributed by atoms with van der Waals surface area (Å²) in [6, 6.07) is 17.5. The first kappa shape index (κ1) is 16.1.